The predicted octanol–water partition coefficient (Wildman–Crippen LogP) is 2.74. The average molecular weight is 393 g/mol. The highest BCUT2D eigenvalue weighted by Crippen LogP contribution is 2.21. The first-order chi connectivity index (χ1) is 13.9. The number of nitrogens with one attached hydrogen (secondary N) is 2. The van der Waals surface area contributed by atoms with Gasteiger partial charge in [0, 0.05) is 36.5 Å². The molecule has 2 heterocycles. The third-order valence-electron chi connectivity index (χ3n) is 4.36. The Balaban J connectivity index is 1.46. The van der Waals surface area contributed by atoms with E-state index in [1.54, 1.807) is 24.5 Å². The lowest BCUT2D eigenvalue weighted by atomic mass is 10.1. The summed E-state index contributed by atoms with van der Waals surface area (Å²) in [6.07, 6.45) is 3.72. The first kappa shape index (κ1) is 20.2. The van der Waals surface area contributed by atoms with Gasteiger partial charge in [-0.15, -0.1) is 0 Å². The molecule has 0 saturated heterocycles. The molecule has 0 aliphatic carbocycles. The lowest BCUT2D eigenvalue weighted by Crippen LogP contribution is -2.33. The van der Waals surface area contributed by atoms with Gasteiger partial charge < -0.3 is 15.2 Å². The minimum Gasteiger partial charge on any atom is -0.347 e. The first-order valence-corrected chi connectivity index (χ1v) is 9.30. The molecule has 0 spiro atoms. The van der Waals surface area contributed by atoms with Crippen LogP contribution in [0.25, 0.3) is 11.4 Å². The summed E-state index contributed by atoms with van der Waals surface area (Å²) in [5, 5.41) is 9.37. The van der Waals surface area contributed by atoms with E-state index >= 15 is 0 Å². The minimum absolute atomic E-state index is 0.0995. The summed E-state index contributed by atoms with van der Waals surface area (Å²) in [5.74, 6) is 0.278. The third-order valence-corrected chi connectivity index (χ3v) is 4.36. The van der Waals surface area contributed by atoms with Crippen LogP contribution in [0.2, 0.25) is 0 Å². The molecule has 0 aliphatic heterocycles. The smallest absolute Gasteiger partial charge is 0.243 e. The molecule has 3 rings (SSSR count). The zero-order valence-electron chi connectivity index (χ0n) is 16.7. The first-order valence-electron chi connectivity index (χ1n) is 9.30. The van der Waals surface area contributed by atoms with Crippen LogP contribution in [0.3, 0.4) is 0 Å². The van der Waals surface area contributed by atoms with Crippen LogP contribution in [0.15, 0.2) is 41.2 Å². The molecule has 29 heavy (non-hydrogen) atoms. The summed E-state index contributed by atoms with van der Waals surface area (Å²) in [7, 11) is 0. The molecule has 2 amide bonds. The highest BCUT2D eigenvalue weighted by molar-refractivity contribution is 5.95. The van der Waals surface area contributed by atoms with Gasteiger partial charge in [-0.3, -0.25) is 14.6 Å². The van der Waals surface area contributed by atoms with E-state index < -0.39 is 0 Å². The maximum atomic E-state index is 12.2. The van der Waals surface area contributed by atoms with Crippen molar-refractivity contribution in [2.75, 3.05) is 11.9 Å². The summed E-state index contributed by atoms with van der Waals surface area (Å²) in [6.45, 7) is 5.80. The van der Waals surface area contributed by atoms with Crippen molar-refractivity contribution in [3.8, 4) is 11.4 Å². The maximum absolute atomic E-state index is 12.2. The molecule has 0 saturated carbocycles. The number of amides is 2. The van der Waals surface area contributed by atoms with Gasteiger partial charge in [0.2, 0.25) is 23.5 Å². The van der Waals surface area contributed by atoms with E-state index in [1.165, 1.54) is 0 Å². The van der Waals surface area contributed by atoms with Crippen LogP contribution in [0.5, 0.6) is 0 Å². The molecule has 0 unspecified atom stereocenters. The van der Waals surface area contributed by atoms with Crippen molar-refractivity contribution in [1.82, 2.24) is 20.4 Å². The fourth-order valence-corrected chi connectivity index (χ4v) is 3.02. The molecular formula is C21H23N5O3. The molecule has 2 aromatic heterocycles. The minimum atomic E-state index is -0.272. The SMILES string of the molecule is Cc1cc(C)c(NC(=O)CNC(=O)CCc2nc(-c3ccncc3)no2)c(C)c1. The number of aryl methyl sites for hydroxylation is 4. The van der Waals surface area contributed by atoms with E-state index in [0.717, 1.165) is 27.9 Å². The molecule has 0 bridgehead atoms. The van der Waals surface area contributed by atoms with Crippen molar-refractivity contribution in [2.24, 2.45) is 0 Å². The van der Waals surface area contributed by atoms with Gasteiger partial charge >= 0.3 is 0 Å². The van der Waals surface area contributed by atoms with Crippen LogP contribution < -0.4 is 10.6 Å². The van der Waals surface area contributed by atoms with Crippen molar-refractivity contribution in [1.29, 1.82) is 0 Å². The zero-order chi connectivity index (χ0) is 20.8. The lowest BCUT2D eigenvalue weighted by Gasteiger charge is -2.13. The zero-order valence-corrected chi connectivity index (χ0v) is 16.7. The highest BCUT2D eigenvalue weighted by atomic mass is 16.5. The third kappa shape index (κ3) is 5.47. The topological polar surface area (TPSA) is 110 Å². The summed E-state index contributed by atoms with van der Waals surface area (Å²) in [5.41, 5.74) is 4.69. The number of carbonyl (C=O) groups is 2. The van der Waals surface area contributed by atoms with Crippen molar-refractivity contribution in [3.63, 3.8) is 0 Å². The Kier molecular flexibility index (Phi) is 6.33. The standard InChI is InChI=1S/C21H23N5O3/c1-13-10-14(2)20(15(3)11-13)24-18(28)12-23-17(27)4-5-19-25-21(26-29-19)16-6-8-22-9-7-16/h6-11H,4-5,12H2,1-3H3,(H,23,27)(H,24,28). The maximum Gasteiger partial charge on any atom is 0.243 e. The summed E-state index contributed by atoms with van der Waals surface area (Å²) < 4.78 is 5.17. The number of aromatic nitrogens is 3. The van der Waals surface area contributed by atoms with Gasteiger partial charge in [-0.2, -0.15) is 4.98 Å². The molecule has 0 aliphatic rings. The fraction of sp³-hybridized carbons (Fsp3) is 0.286. The highest BCUT2D eigenvalue weighted by Gasteiger charge is 2.12. The molecule has 8 nitrogen and oxygen atoms in total. The monoisotopic (exact) mass is 393 g/mol. The van der Waals surface area contributed by atoms with Gasteiger partial charge in [-0.1, -0.05) is 22.9 Å². The van der Waals surface area contributed by atoms with E-state index in [1.807, 2.05) is 32.9 Å². The lowest BCUT2D eigenvalue weighted by molar-refractivity contribution is -0.124. The number of carbonyl (C=O) groups excluding carboxylic acids is 2. The van der Waals surface area contributed by atoms with Gasteiger partial charge in [0.15, 0.2) is 0 Å². The van der Waals surface area contributed by atoms with Crippen molar-refractivity contribution in [2.45, 2.75) is 33.6 Å². The second-order valence-corrected chi connectivity index (χ2v) is 6.85. The molecular weight excluding hydrogens is 370 g/mol. The van der Waals surface area contributed by atoms with Gasteiger partial charge in [0.1, 0.15) is 0 Å². The van der Waals surface area contributed by atoms with E-state index in [2.05, 4.69) is 25.8 Å². The molecule has 0 radical (unpaired) electrons. The summed E-state index contributed by atoms with van der Waals surface area (Å²) in [4.78, 5) is 32.4. The van der Waals surface area contributed by atoms with Crippen LogP contribution in [0.4, 0.5) is 5.69 Å². The number of hydrogen-bond donors (Lipinski definition) is 2. The summed E-state index contributed by atoms with van der Waals surface area (Å²) >= 11 is 0. The summed E-state index contributed by atoms with van der Waals surface area (Å²) in [6, 6.07) is 7.56. The second-order valence-electron chi connectivity index (χ2n) is 6.85. The van der Waals surface area contributed by atoms with E-state index in [9.17, 15) is 9.59 Å². The Labute approximate surface area is 168 Å². The molecule has 0 atom stereocenters. The molecule has 8 heteroatoms. The molecule has 2 N–H and O–H groups in total. The number of anilines is 1. The number of hydrogen-bond acceptors (Lipinski definition) is 6. The van der Waals surface area contributed by atoms with Crippen molar-refractivity contribution in [3.05, 3.63) is 59.2 Å². The quantitative estimate of drug-likeness (QED) is 0.639. The van der Waals surface area contributed by atoms with Crippen LogP contribution in [0.1, 0.15) is 29.0 Å². The Hall–Kier alpha value is -3.55. The number of rotatable bonds is 7. The normalized spacial score (nSPS) is 10.6. The van der Waals surface area contributed by atoms with Gasteiger partial charge in [-0.05, 0) is 44.0 Å². The second kappa shape index (κ2) is 9.09. The van der Waals surface area contributed by atoms with E-state index in [-0.39, 0.29) is 24.8 Å². The Morgan fingerprint density at radius 3 is 2.41 bits per heavy atom. The predicted molar refractivity (Wildman–Crippen MR) is 108 cm³/mol. The number of pyridine rings is 1. The molecule has 1 aromatic carbocycles. The van der Waals surface area contributed by atoms with E-state index in [0.29, 0.717) is 18.1 Å². The fourth-order valence-electron chi connectivity index (χ4n) is 3.02. The van der Waals surface area contributed by atoms with Crippen molar-refractivity contribution >= 4 is 17.5 Å². The molecule has 150 valence electrons. The number of nitrogens with zero attached hydrogens (tertiary/aromatic N) is 3. The van der Waals surface area contributed by atoms with Gasteiger partial charge in [0.25, 0.3) is 0 Å². The molecule has 3 aromatic rings. The van der Waals surface area contributed by atoms with Crippen LogP contribution in [0, 0.1) is 20.8 Å². The van der Waals surface area contributed by atoms with E-state index in [4.69, 9.17) is 4.52 Å². The van der Waals surface area contributed by atoms with Gasteiger partial charge in [-0.25, -0.2) is 0 Å². The Morgan fingerprint density at radius 1 is 1.03 bits per heavy atom. The number of benzene rings is 1. The Morgan fingerprint density at radius 2 is 1.72 bits per heavy atom. The van der Waals surface area contributed by atoms with Gasteiger partial charge in [0.05, 0.1) is 6.54 Å². The van der Waals surface area contributed by atoms with Crippen LogP contribution in [-0.4, -0.2) is 33.5 Å². The largest absolute Gasteiger partial charge is 0.347 e. The van der Waals surface area contributed by atoms with Crippen LogP contribution in [-0.2, 0) is 16.0 Å². The van der Waals surface area contributed by atoms with Crippen LogP contribution >= 0.6 is 0 Å². The molecule has 0 fully saturated rings. The Bertz CT molecular complexity index is 991. The average Bonchev–Trinajstić information content (AvgIpc) is 3.17. The van der Waals surface area contributed by atoms with Crippen molar-refractivity contribution < 1.29 is 14.1 Å².